The monoisotopic (exact) mass is 675 g/mol. The number of fused-ring (bicyclic) bond motifs is 1. The average molecular weight is 676 g/mol. The highest BCUT2D eigenvalue weighted by Crippen LogP contribution is 2.63. The van der Waals surface area contributed by atoms with Crippen molar-refractivity contribution in [1.82, 2.24) is 25.5 Å². The zero-order valence-corrected chi connectivity index (χ0v) is 26.3. The van der Waals surface area contributed by atoms with Crippen LogP contribution < -0.4 is 54.0 Å². The van der Waals surface area contributed by atoms with Gasteiger partial charge in [0.1, 0.15) is 34.6 Å². The van der Waals surface area contributed by atoms with Crippen molar-refractivity contribution in [2.75, 3.05) is 19.1 Å². The van der Waals surface area contributed by atoms with E-state index in [1.165, 1.54) is 24.5 Å². The summed E-state index contributed by atoms with van der Waals surface area (Å²) in [5, 5.41) is 6.23. The third kappa shape index (κ3) is 6.34. The minimum Gasteiger partial charge on any atom is -0.497 e. The van der Waals surface area contributed by atoms with E-state index < -0.39 is 54.9 Å². The number of amides is 3. The molecular weight excluding hydrogens is 641 g/mol. The fourth-order valence-electron chi connectivity index (χ4n) is 5.43. The van der Waals surface area contributed by atoms with Gasteiger partial charge in [-0.1, -0.05) is 6.08 Å². The fourth-order valence-corrected chi connectivity index (χ4v) is 7.44. The first-order valence-electron chi connectivity index (χ1n) is 13.8. The van der Waals surface area contributed by atoms with Crippen LogP contribution in [0.5, 0.6) is 11.5 Å². The number of ether oxygens (including phenoxy) is 2. The SMILES string of the molecule is C=CC1CC1(NC(=O)C1CC(Oc2cc(-c3csc(NN)n3)nc3cc(OC)ccc23)CN1C(=O)C(N)NC(=O)ON)P(N)(N)=O. The third-order valence-electron chi connectivity index (χ3n) is 7.89. The lowest BCUT2D eigenvalue weighted by atomic mass is 10.1. The lowest BCUT2D eigenvalue weighted by molar-refractivity contribution is -0.140. The average Bonchev–Trinajstić information content (AvgIpc) is 3.34. The Labute approximate surface area is 266 Å². The van der Waals surface area contributed by atoms with Crippen LogP contribution in [0.2, 0.25) is 0 Å². The van der Waals surface area contributed by atoms with Gasteiger partial charge in [0, 0.05) is 35.2 Å². The maximum atomic E-state index is 13.7. The second-order valence-corrected chi connectivity index (χ2v) is 13.8. The van der Waals surface area contributed by atoms with E-state index in [0.29, 0.717) is 38.9 Å². The number of nitrogens with zero attached hydrogens (tertiary/aromatic N) is 3. The number of nitrogens with two attached hydrogens (primary N) is 5. The molecule has 13 N–H and O–H groups in total. The number of nitrogen functional groups attached to an aromatic ring is 1. The van der Waals surface area contributed by atoms with Gasteiger partial charge < -0.3 is 30.3 Å². The summed E-state index contributed by atoms with van der Waals surface area (Å²) < 4.78 is 24.6. The molecule has 1 aliphatic heterocycles. The van der Waals surface area contributed by atoms with Crippen molar-refractivity contribution in [3.8, 4) is 22.9 Å². The second-order valence-electron chi connectivity index (χ2n) is 10.7. The van der Waals surface area contributed by atoms with Crippen LogP contribution in [0.1, 0.15) is 12.8 Å². The minimum atomic E-state index is -3.83. The summed E-state index contributed by atoms with van der Waals surface area (Å²) in [5.74, 6) is 9.36. The number of anilines is 1. The molecule has 1 aliphatic carbocycles. The van der Waals surface area contributed by atoms with E-state index in [0.717, 1.165) is 4.90 Å². The van der Waals surface area contributed by atoms with Crippen LogP contribution in [0.25, 0.3) is 22.3 Å². The van der Waals surface area contributed by atoms with Crippen molar-refractivity contribution in [2.45, 2.75) is 36.4 Å². The molecule has 2 aliphatic rings. The summed E-state index contributed by atoms with van der Waals surface area (Å²) in [4.78, 5) is 53.2. The molecule has 2 aromatic heterocycles. The molecule has 18 nitrogen and oxygen atoms in total. The van der Waals surface area contributed by atoms with Gasteiger partial charge in [-0.15, -0.1) is 17.9 Å². The number of carbonyl (C=O) groups is 3. The predicted molar refractivity (Wildman–Crippen MR) is 169 cm³/mol. The molecule has 0 spiro atoms. The Bertz CT molecular complexity index is 1740. The number of benzene rings is 1. The van der Waals surface area contributed by atoms with Gasteiger partial charge in [-0.3, -0.25) is 35.9 Å². The molecule has 3 aromatic rings. The van der Waals surface area contributed by atoms with E-state index in [9.17, 15) is 18.9 Å². The van der Waals surface area contributed by atoms with Crippen LogP contribution in [0, 0.1) is 5.92 Å². The van der Waals surface area contributed by atoms with Gasteiger partial charge in [0.2, 0.25) is 13.4 Å². The fraction of sp³-hybridized carbons (Fsp3) is 0.346. The Morgan fingerprint density at radius 3 is 2.61 bits per heavy atom. The van der Waals surface area contributed by atoms with E-state index in [2.05, 4.69) is 32.5 Å². The molecule has 1 aromatic carbocycles. The van der Waals surface area contributed by atoms with Gasteiger partial charge in [-0.25, -0.2) is 20.6 Å². The topological polar surface area (TPSA) is 291 Å². The first-order chi connectivity index (χ1) is 21.8. The quantitative estimate of drug-likeness (QED) is 0.0437. The normalized spacial score (nSPS) is 22.9. The van der Waals surface area contributed by atoms with Crippen molar-refractivity contribution in [2.24, 2.45) is 34.4 Å². The Kier molecular flexibility index (Phi) is 9.19. The summed E-state index contributed by atoms with van der Waals surface area (Å²) >= 11 is 1.28. The lowest BCUT2D eigenvalue weighted by Gasteiger charge is -2.29. The van der Waals surface area contributed by atoms with Crippen LogP contribution in [-0.2, 0) is 19.0 Å². The van der Waals surface area contributed by atoms with E-state index >= 15 is 0 Å². The Hall–Kier alpha value is -4.36. The number of carbonyl (C=O) groups excluding carboxylic acids is 3. The number of nitrogens with one attached hydrogen (secondary N) is 3. The standard InChI is InChI=1S/C26H34N11O7PS/c1-3-12-9-26(12,45(30,31)41)35-22(38)19-7-14(10-37(19)23(39)21(27)34-25(40)44-29)43-20-8-17(18-11-46-24(33-18)36-28)32-16-6-13(42-2)4-5-15(16)20/h3-6,8,11-12,14,19,21H,1,7,9-10,27-29H2,2H3,(H,33,36)(H,34,40)(H,35,38)(H4,30,31,41). The molecule has 5 unspecified atom stereocenters. The number of thiazole rings is 1. The summed E-state index contributed by atoms with van der Waals surface area (Å²) in [6.07, 6.45) is -1.85. The van der Waals surface area contributed by atoms with Crippen molar-refractivity contribution in [1.29, 1.82) is 0 Å². The highest BCUT2D eigenvalue weighted by molar-refractivity contribution is 7.61. The molecule has 20 heteroatoms. The second kappa shape index (κ2) is 12.8. The zero-order chi connectivity index (χ0) is 33.4. The molecule has 1 saturated carbocycles. The largest absolute Gasteiger partial charge is 0.497 e. The summed E-state index contributed by atoms with van der Waals surface area (Å²) in [6, 6.07) is 5.73. The summed E-state index contributed by atoms with van der Waals surface area (Å²) in [5.41, 5.74) is 21.6. The van der Waals surface area contributed by atoms with Crippen molar-refractivity contribution < 1.29 is 33.3 Å². The Balaban J connectivity index is 1.48. The molecule has 0 radical (unpaired) electrons. The van der Waals surface area contributed by atoms with Gasteiger partial charge in [0.25, 0.3) is 5.91 Å². The number of aromatic nitrogens is 2. The molecular formula is C26H34N11O7PS. The smallest absolute Gasteiger partial charge is 0.427 e. The molecule has 3 amide bonds. The van der Waals surface area contributed by atoms with Gasteiger partial charge in [-0.2, -0.15) is 5.90 Å². The maximum absolute atomic E-state index is 13.7. The number of rotatable bonds is 11. The molecule has 46 heavy (non-hydrogen) atoms. The van der Waals surface area contributed by atoms with Crippen LogP contribution >= 0.6 is 18.8 Å². The van der Waals surface area contributed by atoms with Gasteiger partial charge >= 0.3 is 6.09 Å². The Morgan fingerprint density at radius 2 is 2.00 bits per heavy atom. The lowest BCUT2D eigenvalue weighted by Crippen LogP contribution is -2.58. The summed E-state index contributed by atoms with van der Waals surface area (Å²) in [7, 11) is -2.31. The van der Waals surface area contributed by atoms with Gasteiger partial charge in [0.05, 0.1) is 24.9 Å². The molecule has 3 heterocycles. The Morgan fingerprint density at radius 1 is 1.24 bits per heavy atom. The first kappa shape index (κ1) is 33.0. The van der Waals surface area contributed by atoms with Gasteiger partial charge in [-0.05, 0) is 18.6 Å². The van der Waals surface area contributed by atoms with E-state index in [4.69, 9.17) is 42.9 Å². The van der Waals surface area contributed by atoms with E-state index in [1.54, 1.807) is 29.6 Å². The molecule has 0 bridgehead atoms. The number of methoxy groups -OCH3 is 1. The number of hydrogen-bond donors (Lipinski definition) is 8. The molecule has 246 valence electrons. The zero-order valence-electron chi connectivity index (χ0n) is 24.5. The van der Waals surface area contributed by atoms with Crippen molar-refractivity contribution in [3.63, 3.8) is 0 Å². The van der Waals surface area contributed by atoms with Gasteiger partial charge in [0.15, 0.2) is 11.3 Å². The first-order valence-corrected chi connectivity index (χ1v) is 16.5. The molecule has 5 rings (SSSR count). The van der Waals surface area contributed by atoms with Crippen LogP contribution in [0.3, 0.4) is 0 Å². The highest BCUT2D eigenvalue weighted by Gasteiger charge is 2.64. The van der Waals surface area contributed by atoms with E-state index in [-0.39, 0.29) is 19.4 Å². The maximum Gasteiger partial charge on any atom is 0.427 e. The molecule has 5 atom stereocenters. The number of hydrogen-bond acceptors (Lipinski definition) is 14. The van der Waals surface area contributed by atoms with Crippen LogP contribution in [-0.4, -0.2) is 70.0 Å². The molecule has 1 saturated heterocycles. The summed E-state index contributed by atoms with van der Waals surface area (Å²) in [6.45, 7) is 3.57. The van der Waals surface area contributed by atoms with Crippen LogP contribution in [0.15, 0.2) is 42.3 Å². The minimum absolute atomic E-state index is 0.0207. The van der Waals surface area contributed by atoms with E-state index in [1.807, 2.05) is 0 Å². The van der Waals surface area contributed by atoms with Crippen molar-refractivity contribution in [3.05, 3.63) is 42.3 Å². The number of likely N-dealkylation sites (tertiary alicyclic amines) is 1. The number of pyridine rings is 1. The van der Waals surface area contributed by atoms with Crippen LogP contribution in [0.4, 0.5) is 9.93 Å². The highest BCUT2D eigenvalue weighted by atomic mass is 32.1. The van der Waals surface area contributed by atoms with Crippen molar-refractivity contribution >= 4 is 52.7 Å². The predicted octanol–water partition coefficient (Wildman–Crippen LogP) is 0.0144. The molecule has 2 fully saturated rings. The number of hydrazine groups is 1. The third-order valence-corrected chi connectivity index (χ3v) is 10.5.